The Hall–Kier alpha value is -1.88. The maximum Gasteiger partial charge on any atom is 0.141 e. The lowest BCUT2D eigenvalue weighted by Gasteiger charge is -2.15. The van der Waals surface area contributed by atoms with Crippen LogP contribution in [0.4, 0.5) is 0 Å². The Morgan fingerprint density at radius 2 is 1.90 bits per heavy atom. The van der Waals surface area contributed by atoms with Crippen molar-refractivity contribution in [3.05, 3.63) is 42.0 Å². The van der Waals surface area contributed by atoms with Crippen molar-refractivity contribution in [3.63, 3.8) is 0 Å². The van der Waals surface area contributed by atoms with Crippen LogP contribution in [0, 0.1) is 0 Å². The van der Waals surface area contributed by atoms with Gasteiger partial charge in [-0.1, -0.05) is 12.1 Å². The molecule has 0 fully saturated rings. The van der Waals surface area contributed by atoms with E-state index in [2.05, 4.69) is 48.3 Å². The van der Waals surface area contributed by atoms with Crippen molar-refractivity contribution < 1.29 is 4.74 Å². The van der Waals surface area contributed by atoms with Gasteiger partial charge in [-0.15, -0.1) is 0 Å². The average Bonchev–Trinajstić information content (AvgIpc) is 2.93. The molecule has 1 aromatic heterocycles. The van der Waals surface area contributed by atoms with Gasteiger partial charge in [0.1, 0.15) is 17.9 Å². The van der Waals surface area contributed by atoms with E-state index in [-0.39, 0.29) is 6.04 Å². The molecule has 20 heavy (non-hydrogen) atoms. The van der Waals surface area contributed by atoms with E-state index >= 15 is 0 Å². The second-order valence-electron chi connectivity index (χ2n) is 5.09. The molecule has 5 heteroatoms. The van der Waals surface area contributed by atoms with Crippen LogP contribution in [0.5, 0.6) is 5.75 Å². The van der Waals surface area contributed by atoms with E-state index in [0.29, 0.717) is 12.6 Å². The predicted octanol–water partition coefficient (Wildman–Crippen LogP) is 2.72. The van der Waals surface area contributed by atoms with Crippen LogP contribution in [-0.2, 0) is 6.54 Å². The SMILES string of the molecule is COc1ccc(C(C)NCc2ncnn2C(C)C)cc1. The number of methoxy groups -OCH3 is 1. The van der Waals surface area contributed by atoms with Crippen LogP contribution in [0.25, 0.3) is 0 Å². The molecular weight excluding hydrogens is 252 g/mol. The van der Waals surface area contributed by atoms with E-state index in [4.69, 9.17) is 4.74 Å². The highest BCUT2D eigenvalue weighted by Crippen LogP contribution is 2.17. The zero-order valence-electron chi connectivity index (χ0n) is 12.5. The lowest BCUT2D eigenvalue weighted by molar-refractivity contribution is 0.414. The van der Waals surface area contributed by atoms with Crippen molar-refractivity contribution in [2.24, 2.45) is 0 Å². The summed E-state index contributed by atoms with van der Waals surface area (Å²) in [5, 5.41) is 7.71. The summed E-state index contributed by atoms with van der Waals surface area (Å²) in [6.07, 6.45) is 1.61. The number of rotatable bonds is 6. The number of hydrogen-bond donors (Lipinski definition) is 1. The van der Waals surface area contributed by atoms with Crippen molar-refractivity contribution in [2.45, 2.75) is 39.4 Å². The van der Waals surface area contributed by atoms with Crippen LogP contribution < -0.4 is 10.1 Å². The summed E-state index contributed by atoms with van der Waals surface area (Å²) >= 11 is 0. The normalized spacial score (nSPS) is 12.7. The first-order valence-corrected chi connectivity index (χ1v) is 6.87. The Morgan fingerprint density at radius 3 is 2.50 bits per heavy atom. The van der Waals surface area contributed by atoms with Crippen LogP contribution in [-0.4, -0.2) is 21.9 Å². The Bertz CT molecular complexity index is 533. The Balaban J connectivity index is 1.97. The molecule has 1 aromatic carbocycles. The Labute approximate surface area is 120 Å². The van der Waals surface area contributed by atoms with Gasteiger partial charge in [0.15, 0.2) is 0 Å². The number of hydrogen-bond acceptors (Lipinski definition) is 4. The Morgan fingerprint density at radius 1 is 1.20 bits per heavy atom. The monoisotopic (exact) mass is 274 g/mol. The summed E-state index contributed by atoms with van der Waals surface area (Å²) in [4.78, 5) is 4.30. The first-order valence-electron chi connectivity index (χ1n) is 6.87. The maximum atomic E-state index is 5.17. The lowest BCUT2D eigenvalue weighted by atomic mass is 10.1. The number of aromatic nitrogens is 3. The van der Waals surface area contributed by atoms with Gasteiger partial charge in [0.05, 0.1) is 13.7 Å². The number of ether oxygens (including phenoxy) is 1. The minimum atomic E-state index is 0.248. The molecule has 0 bridgehead atoms. The predicted molar refractivity (Wildman–Crippen MR) is 78.7 cm³/mol. The largest absolute Gasteiger partial charge is 0.497 e. The van der Waals surface area contributed by atoms with E-state index in [1.165, 1.54) is 5.56 Å². The van der Waals surface area contributed by atoms with E-state index in [1.807, 2.05) is 16.8 Å². The summed E-state index contributed by atoms with van der Waals surface area (Å²) in [5.41, 5.74) is 1.22. The topological polar surface area (TPSA) is 52.0 Å². The molecule has 1 heterocycles. The highest BCUT2D eigenvalue weighted by atomic mass is 16.5. The van der Waals surface area contributed by atoms with Crippen molar-refractivity contribution >= 4 is 0 Å². The van der Waals surface area contributed by atoms with Gasteiger partial charge in [-0.2, -0.15) is 5.10 Å². The van der Waals surface area contributed by atoms with E-state index in [9.17, 15) is 0 Å². The molecule has 5 nitrogen and oxygen atoms in total. The number of nitrogens with one attached hydrogen (secondary N) is 1. The van der Waals surface area contributed by atoms with E-state index < -0.39 is 0 Å². The van der Waals surface area contributed by atoms with Gasteiger partial charge in [-0.25, -0.2) is 9.67 Å². The molecule has 0 radical (unpaired) electrons. The molecule has 0 spiro atoms. The molecule has 0 aliphatic rings. The maximum absolute atomic E-state index is 5.17. The number of benzene rings is 1. The van der Waals surface area contributed by atoms with Crippen LogP contribution in [0.1, 0.15) is 44.2 Å². The van der Waals surface area contributed by atoms with Crippen molar-refractivity contribution in [1.29, 1.82) is 0 Å². The highest BCUT2D eigenvalue weighted by molar-refractivity contribution is 5.28. The van der Waals surface area contributed by atoms with Crippen LogP contribution in [0.3, 0.4) is 0 Å². The minimum Gasteiger partial charge on any atom is -0.497 e. The Kier molecular flexibility index (Phi) is 4.74. The molecular formula is C15H22N4O. The second-order valence-corrected chi connectivity index (χ2v) is 5.09. The quantitative estimate of drug-likeness (QED) is 0.880. The second kappa shape index (κ2) is 6.52. The zero-order valence-corrected chi connectivity index (χ0v) is 12.5. The zero-order chi connectivity index (χ0) is 14.5. The fraction of sp³-hybridized carbons (Fsp3) is 0.467. The summed E-state index contributed by atoms with van der Waals surface area (Å²) in [7, 11) is 1.68. The smallest absolute Gasteiger partial charge is 0.141 e. The molecule has 2 aromatic rings. The fourth-order valence-corrected chi connectivity index (χ4v) is 2.09. The van der Waals surface area contributed by atoms with Crippen LogP contribution in [0.15, 0.2) is 30.6 Å². The lowest BCUT2D eigenvalue weighted by Crippen LogP contribution is -2.21. The van der Waals surface area contributed by atoms with Gasteiger partial charge in [0.25, 0.3) is 0 Å². The van der Waals surface area contributed by atoms with Gasteiger partial charge in [-0.05, 0) is 38.5 Å². The first-order chi connectivity index (χ1) is 9.61. The molecule has 108 valence electrons. The van der Waals surface area contributed by atoms with Crippen molar-refractivity contribution in [2.75, 3.05) is 7.11 Å². The molecule has 2 rings (SSSR count). The van der Waals surface area contributed by atoms with E-state index in [1.54, 1.807) is 13.4 Å². The molecule has 1 atom stereocenters. The van der Waals surface area contributed by atoms with Crippen molar-refractivity contribution in [1.82, 2.24) is 20.1 Å². The summed E-state index contributed by atoms with van der Waals surface area (Å²) in [6, 6.07) is 8.67. The van der Waals surface area contributed by atoms with Gasteiger partial charge in [0, 0.05) is 12.1 Å². The summed E-state index contributed by atoms with van der Waals surface area (Å²) < 4.78 is 7.11. The molecule has 0 aliphatic carbocycles. The van der Waals surface area contributed by atoms with Gasteiger partial charge in [-0.3, -0.25) is 0 Å². The van der Waals surface area contributed by atoms with Crippen molar-refractivity contribution in [3.8, 4) is 5.75 Å². The first kappa shape index (κ1) is 14.5. The van der Waals surface area contributed by atoms with Crippen LogP contribution in [0.2, 0.25) is 0 Å². The highest BCUT2D eigenvalue weighted by Gasteiger charge is 2.10. The van der Waals surface area contributed by atoms with E-state index in [0.717, 1.165) is 11.6 Å². The molecule has 1 N–H and O–H groups in total. The van der Waals surface area contributed by atoms with Gasteiger partial charge >= 0.3 is 0 Å². The molecule has 0 saturated carbocycles. The average molecular weight is 274 g/mol. The fourth-order valence-electron chi connectivity index (χ4n) is 2.09. The third kappa shape index (κ3) is 3.36. The third-order valence-electron chi connectivity index (χ3n) is 3.32. The minimum absolute atomic E-state index is 0.248. The molecule has 0 amide bonds. The van der Waals surface area contributed by atoms with Gasteiger partial charge in [0.2, 0.25) is 0 Å². The summed E-state index contributed by atoms with van der Waals surface area (Å²) in [6.45, 7) is 7.04. The molecule has 1 unspecified atom stereocenters. The summed E-state index contributed by atoms with van der Waals surface area (Å²) in [5.74, 6) is 1.83. The third-order valence-corrected chi connectivity index (χ3v) is 3.32. The molecule has 0 aliphatic heterocycles. The standard InChI is InChI=1S/C15H22N4O/c1-11(2)19-15(17-10-18-19)9-16-12(3)13-5-7-14(20-4)8-6-13/h5-8,10-12,16H,9H2,1-4H3. The molecule has 0 saturated heterocycles. The number of nitrogens with zero attached hydrogens (tertiary/aromatic N) is 3. The van der Waals surface area contributed by atoms with Gasteiger partial charge < -0.3 is 10.1 Å². The van der Waals surface area contributed by atoms with Crippen LogP contribution >= 0.6 is 0 Å².